The Hall–Kier alpha value is -1.00. The normalized spacial score (nSPS) is 22.9. The van der Waals surface area contributed by atoms with Crippen molar-refractivity contribution in [2.45, 2.75) is 38.4 Å². The maximum atomic E-state index is 13.0. The third-order valence-electron chi connectivity index (χ3n) is 3.16. The third-order valence-corrected chi connectivity index (χ3v) is 3.16. The number of hydrogen-bond acceptors (Lipinski definition) is 2. The molecular formula is C13H18F2N2. The van der Waals surface area contributed by atoms with Crippen molar-refractivity contribution in [1.29, 1.82) is 0 Å². The molecule has 1 aromatic rings. The van der Waals surface area contributed by atoms with Crippen LogP contribution >= 0.6 is 0 Å². The minimum absolute atomic E-state index is 0.158. The fraction of sp³-hybridized carbons (Fsp3) is 0.538. The first-order chi connectivity index (χ1) is 7.96. The molecule has 1 aliphatic heterocycles. The molecular weight excluding hydrogens is 222 g/mol. The molecule has 94 valence electrons. The molecule has 17 heavy (non-hydrogen) atoms. The highest BCUT2D eigenvalue weighted by Gasteiger charge is 2.29. The average molecular weight is 240 g/mol. The predicted molar refractivity (Wildman–Crippen MR) is 63.7 cm³/mol. The van der Waals surface area contributed by atoms with Crippen LogP contribution in [0.5, 0.6) is 0 Å². The van der Waals surface area contributed by atoms with Crippen LogP contribution < -0.4 is 10.6 Å². The lowest BCUT2D eigenvalue weighted by Crippen LogP contribution is -2.31. The van der Waals surface area contributed by atoms with Crippen molar-refractivity contribution in [3.8, 4) is 0 Å². The van der Waals surface area contributed by atoms with E-state index in [1.165, 1.54) is 12.1 Å². The van der Waals surface area contributed by atoms with E-state index in [-0.39, 0.29) is 5.54 Å². The molecule has 1 aromatic carbocycles. The van der Waals surface area contributed by atoms with E-state index in [4.69, 9.17) is 0 Å². The second-order valence-corrected chi connectivity index (χ2v) is 5.30. The van der Waals surface area contributed by atoms with Gasteiger partial charge in [-0.1, -0.05) is 6.07 Å². The summed E-state index contributed by atoms with van der Waals surface area (Å²) in [5.74, 6) is -1.58. The summed E-state index contributed by atoms with van der Waals surface area (Å²) in [6.07, 6.45) is 1.04. The molecule has 4 heteroatoms. The summed E-state index contributed by atoms with van der Waals surface area (Å²) >= 11 is 0. The maximum Gasteiger partial charge on any atom is 0.159 e. The monoisotopic (exact) mass is 240 g/mol. The quantitative estimate of drug-likeness (QED) is 0.846. The summed E-state index contributed by atoms with van der Waals surface area (Å²) in [5.41, 5.74) is 0.930. The summed E-state index contributed by atoms with van der Waals surface area (Å²) in [6.45, 7) is 5.80. The Morgan fingerprint density at radius 2 is 2.12 bits per heavy atom. The van der Waals surface area contributed by atoms with Crippen molar-refractivity contribution in [3.05, 3.63) is 35.4 Å². The number of hydrogen-bond donors (Lipinski definition) is 2. The molecule has 0 saturated carbocycles. The first-order valence-electron chi connectivity index (χ1n) is 5.89. The van der Waals surface area contributed by atoms with Crippen molar-refractivity contribution in [2.24, 2.45) is 0 Å². The van der Waals surface area contributed by atoms with Gasteiger partial charge >= 0.3 is 0 Å². The van der Waals surface area contributed by atoms with Gasteiger partial charge in [0.15, 0.2) is 11.6 Å². The SMILES string of the molecule is CC1(C)CC(NCc2ccc(F)c(F)c2)CN1. The van der Waals surface area contributed by atoms with Gasteiger partial charge in [-0.05, 0) is 38.0 Å². The van der Waals surface area contributed by atoms with Gasteiger partial charge in [0, 0.05) is 24.7 Å². The van der Waals surface area contributed by atoms with E-state index in [1.54, 1.807) is 6.07 Å². The molecule has 1 atom stereocenters. The van der Waals surface area contributed by atoms with Gasteiger partial charge in [0.05, 0.1) is 0 Å². The molecule has 1 saturated heterocycles. The lowest BCUT2D eigenvalue weighted by molar-refractivity contribution is 0.441. The molecule has 0 aromatic heterocycles. The smallest absolute Gasteiger partial charge is 0.159 e. The third kappa shape index (κ3) is 3.23. The molecule has 0 bridgehead atoms. The van der Waals surface area contributed by atoms with Crippen LogP contribution in [0.25, 0.3) is 0 Å². The largest absolute Gasteiger partial charge is 0.310 e. The zero-order valence-corrected chi connectivity index (χ0v) is 10.2. The number of nitrogens with one attached hydrogen (secondary N) is 2. The minimum Gasteiger partial charge on any atom is -0.310 e. The predicted octanol–water partition coefficient (Wildman–Crippen LogP) is 2.19. The van der Waals surface area contributed by atoms with Crippen LogP contribution in [0.1, 0.15) is 25.8 Å². The summed E-state index contributed by atoms with van der Waals surface area (Å²) in [6, 6.07) is 4.41. The molecule has 0 amide bonds. The second-order valence-electron chi connectivity index (χ2n) is 5.30. The first-order valence-corrected chi connectivity index (χ1v) is 5.89. The summed E-state index contributed by atoms with van der Waals surface area (Å²) in [5, 5.41) is 6.75. The van der Waals surface area contributed by atoms with Crippen molar-refractivity contribution >= 4 is 0 Å². The van der Waals surface area contributed by atoms with Gasteiger partial charge < -0.3 is 10.6 Å². The fourth-order valence-electron chi connectivity index (χ4n) is 2.22. The fourth-order valence-corrected chi connectivity index (χ4v) is 2.22. The van der Waals surface area contributed by atoms with Crippen LogP contribution in [0.2, 0.25) is 0 Å². The molecule has 1 unspecified atom stereocenters. The Bertz CT molecular complexity index is 404. The Balaban J connectivity index is 1.88. The van der Waals surface area contributed by atoms with Gasteiger partial charge in [-0.2, -0.15) is 0 Å². The zero-order chi connectivity index (χ0) is 12.5. The van der Waals surface area contributed by atoms with Crippen LogP contribution in [-0.4, -0.2) is 18.1 Å². The van der Waals surface area contributed by atoms with Crippen molar-refractivity contribution in [1.82, 2.24) is 10.6 Å². The zero-order valence-electron chi connectivity index (χ0n) is 10.2. The molecule has 0 spiro atoms. The molecule has 0 radical (unpaired) electrons. The molecule has 2 N–H and O–H groups in total. The minimum atomic E-state index is -0.794. The highest BCUT2D eigenvalue weighted by atomic mass is 19.2. The summed E-state index contributed by atoms with van der Waals surface area (Å²) < 4.78 is 25.7. The van der Waals surface area contributed by atoms with Gasteiger partial charge in [-0.3, -0.25) is 0 Å². The highest BCUT2D eigenvalue weighted by molar-refractivity contribution is 5.17. The van der Waals surface area contributed by atoms with Crippen LogP contribution in [-0.2, 0) is 6.54 Å². The van der Waals surface area contributed by atoms with Crippen LogP contribution in [0, 0.1) is 11.6 Å². The number of rotatable bonds is 3. The van der Waals surface area contributed by atoms with Gasteiger partial charge in [0.25, 0.3) is 0 Å². The van der Waals surface area contributed by atoms with E-state index in [0.29, 0.717) is 12.6 Å². The van der Waals surface area contributed by atoms with Crippen LogP contribution in [0.3, 0.4) is 0 Å². The van der Waals surface area contributed by atoms with Crippen molar-refractivity contribution in [2.75, 3.05) is 6.54 Å². The molecule has 2 nitrogen and oxygen atoms in total. The molecule has 1 heterocycles. The standard InChI is InChI=1S/C13H18F2N2/c1-13(2)6-10(8-17-13)16-7-9-3-4-11(14)12(15)5-9/h3-5,10,16-17H,6-8H2,1-2H3. The Morgan fingerprint density at radius 1 is 1.35 bits per heavy atom. The maximum absolute atomic E-state index is 13.0. The van der Waals surface area contributed by atoms with E-state index in [2.05, 4.69) is 24.5 Å². The van der Waals surface area contributed by atoms with Crippen molar-refractivity contribution < 1.29 is 8.78 Å². The lowest BCUT2D eigenvalue weighted by Gasteiger charge is -2.17. The number of benzene rings is 1. The topological polar surface area (TPSA) is 24.1 Å². The second kappa shape index (κ2) is 4.70. The molecule has 0 aliphatic carbocycles. The number of halogens is 2. The van der Waals surface area contributed by atoms with Crippen LogP contribution in [0.15, 0.2) is 18.2 Å². The Kier molecular flexibility index (Phi) is 3.45. The Labute approximate surface area is 100 Å². The molecule has 2 rings (SSSR count). The summed E-state index contributed by atoms with van der Waals surface area (Å²) in [4.78, 5) is 0. The van der Waals surface area contributed by atoms with E-state index in [9.17, 15) is 8.78 Å². The molecule has 1 fully saturated rings. The van der Waals surface area contributed by atoms with E-state index in [0.717, 1.165) is 18.5 Å². The van der Waals surface area contributed by atoms with Gasteiger partial charge in [0.2, 0.25) is 0 Å². The van der Waals surface area contributed by atoms with E-state index >= 15 is 0 Å². The first kappa shape index (κ1) is 12.5. The summed E-state index contributed by atoms with van der Waals surface area (Å²) in [7, 11) is 0. The van der Waals surface area contributed by atoms with E-state index < -0.39 is 11.6 Å². The Morgan fingerprint density at radius 3 is 2.71 bits per heavy atom. The van der Waals surface area contributed by atoms with Gasteiger partial charge in [-0.25, -0.2) is 8.78 Å². The van der Waals surface area contributed by atoms with Crippen LogP contribution in [0.4, 0.5) is 8.78 Å². The van der Waals surface area contributed by atoms with E-state index in [1.807, 2.05) is 0 Å². The lowest BCUT2D eigenvalue weighted by atomic mass is 10.0. The highest BCUT2D eigenvalue weighted by Crippen LogP contribution is 2.18. The molecule has 1 aliphatic rings. The van der Waals surface area contributed by atoms with Gasteiger partial charge in [-0.15, -0.1) is 0 Å². The van der Waals surface area contributed by atoms with Gasteiger partial charge in [0.1, 0.15) is 0 Å². The van der Waals surface area contributed by atoms with Crippen molar-refractivity contribution in [3.63, 3.8) is 0 Å². The average Bonchev–Trinajstić information content (AvgIpc) is 2.60.